The lowest BCUT2D eigenvalue weighted by Gasteiger charge is -2.15. The van der Waals surface area contributed by atoms with Crippen molar-refractivity contribution in [1.82, 2.24) is 15.0 Å². The Morgan fingerprint density at radius 2 is 1.71 bits per heavy atom. The SMILES string of the molecule is Cc1c(-c2ccc3ncccc3c2)c(-c2ccccc2)nc2[nH]c(=O)ccc12. The van der Waals surface area contributed by atoms with Crippen molar-refractivity contribution in [3.8, 4) is 22.4 Å². The Balaban J connectivity index is 1.88. The zero-order chi connectivity index (χ0) is 19.1. The van der Waals surface area contributed by atoms with Gasteiger partial charge in [-0.2, -0.15) is 0 Å². The third-order valence-electron chi connectivity index (χ3n) is 5.08. The van der Waals surface area contributed by atoms with E-state index in [-0.39, 0.29) is 5.56 Å². The highest BCUT2D eigenvalue weighted by Crippen LogP contribution is 2.37. The topological polar surface area (TPSA) is 58.6 Å². The molecule has 0 aliphatic rings. The number of benzene rings is 2. The normalized spacial score (nSPS) is 11.2. The summed E-state index contributed by atoms with van der Waals surface area (Å²) in [6.45, 7) is 2.08. The van der Waals surface area contributed by atoms with Crippen molar-refractivity contribution in [2.24, 2.45) is 0 Å². The Morgan fingerprint density at radius 3 is 2.57 bits per heavy atom. The van der Waals surface area contributed by atoms with Gasteiger partial charge in [0, 0.05) is 34.2 Å². The van der Waals surface area contributed by atoms with Crippen molar-refractivity contribution in [3.63, 3.8) is 0 Å². The molecule has 28 heavy (non-hydrogen) atoms. The van der Waals surface area contributed by atoms with Crippen LogP contribution in [0, 0.1) is 6.92 Å². The lowest BCUT2D eigenvalue weighted by molar-refractivity contribution is 1.22. The van der Waals surface area contributed by atoms with E-state index >= 15 is 0 Å². The van der Waals surface area contributed by atoms with Gasteiger partial charge in [0.05, 0.1) is 11.2 Å². The van der Waals surface area contributed by atoms with Gasteiger partial charge in [-0.05, 0) is 42.3 Å². The molecule has 0 spiro atoms. The molecule has 0 atom stereocenters. The first-order valence-corrected chi connectivity index (χ1v) is 9.15. The summed E-state index contributed by atoms with van der Waals surface area (Å²) >= 11 is 0. The minimum absolute atomic E-state index is 0.150. The van der Waals surface area contributed by atoms with E-state index in [2.05, 4.69) is 35.1 Å². The van der Waals surface area contributed by atoms with E-state index in [0.29, 0.717) is 5.65 Å². The lowest BCUT2D eigenvalue weighted by atomic mass is 9.92. The van der Waals surface area contributed by atoms with Gasteiger partial charge in [0.25, 0.3) is 0 Å². The van der Waals surface area contributed by atoms with Crippen LogP contribution in [0.5, 0.6) is 0 Å². The highest BCUT2D eigenvalue weighted by molar-refractivity contribution is 5.96. The molecule has 5 rings (SSSR count). The van der Waals surface area contributed by atoms with Crippen LogP contribution >= 0.6 is 0 Å². The average Bonchev–Trinajstić information content (AvgIpc) is 2.73. The fourth-order valence-electron chi connectivity index (χ4n) is 3.72. The number of nitrogens with zero attached hydrogens (tertiary/aromatic N) is 2. The molecule has 0 radical (unpaired) electrons. The van der Waals surface area contributed by atoms with E-state index in [1.165, 1.54) is 0 Å². The Morgan fingerprint density at radius 1 is 0.857 bits per heavy atom. The van der Waals surface area contributed by atoms with Crippen molar-refractivity contribution < 1.29 is 0 Å². The Bertz CT molecular complexity index is 1390. The first-order chi connectivity index (χ1) is 13.7. The number of rotatable bonds is 2. The highest BCUT2D eigenvalue weighted by Gasteiger charge is 2.16. The molecule has 5 aromatic rings. The number of hydrogen-bond donors (Lipinski definition) is 1. The second kappa shape index (κ2) is 6.43. The molecule has 0 saturated carbocycles. The molecule has 0 saturated heterocycles. The molecular weight excluding hydrogens is 346 g/mol. The second-order valence-electron chi connectivity index (χ2n) is 6.82. The molecule has 4 nitrogen and oxygen atoms in total. The summed E-state index contributed by atoms with van der Waals surface area (Å²) in [6, 6.07) is 23.7. The largest absolute Gasteiger partial charge is 0.307 e. The molecule has 3 heterocycles. The minimum Gasteiger partial charge on any atom is -0.307 e. The summed E-state index contributed by atoms with van der Waals surface area (Å²) in [7, 11) is 0. The first kappa shape index (κ1) is 16.4. The maximum atomic E-state index is 11.8. The van der Waals surface area contributed by atoms with Gasteiger partial charge in [-0.15, -0.1) is 0 Å². The molecule has 3 aromatic heterocycles. The summed E-state index contributed by atoms with van der Waals surface area (Å²) in [4.78, 5) is 24.0. The van der Waals surface area contributed by atoms with Crippen molar-refractivity contribution in [2.45, 2.75) is 6.92 Å². The number of aromatic nitrogens is 3. The molecule has 1 N–H and O–H groups in total. The third kappa shape index (κ3) is 2.67. The van der Waals surface area contributed by atoms with Gasteiger partial charge in [-0.3, -0.25) is 9.78 Å². The van der Waals surface area contributed by atoms with Gasteiger partial charge in [-0.25, -0.2) is 4.98 Å². The van der Waals surface area contributed by atoms with Crippen LogP contribution in [0.3, 0.4) is 0 Å². The smallest absolute Gasteiger partial charge is 0.249 e. The van der Waals surface area contributed by atoms with Crippen molar-refractivity contribution >= 4 is 21.9 Å². The molecule has 2 aromatic carbocycles. The maximum Gasteiger partial charge on any atom is 0.249 e. The number of H-pyrrole nitrogens is 1. The zero-order valence-corrected chi connectivity index (χ0v) is 15.3. The molecule has 0 amide bonds. The predicted octanol–water partition coefficient (Wildman–Crippen LogP) is 5.11. The summed E-state index contributed by atoms with van der Waals surface area (Å²) < 4.78 is 0. The van der Waals surface area contributed by atoms with Gasteiger partial charge in [0.1, 0.15) is 5.65 Å². The summed E-state index contributed by atoms with van der Waals surface area (Å²) in [5, 5.41) is 2.03. The van der Waals surface area contributed by atoms with E-state index in [1.54, 1.807) is 12.3 Å². The van der Waals surface area contributed by atoms with Crippen molar-refractivity contribution in [2.75, 3.05) is 0 Å². The Labute approximate surface area is 161 Å². The van der Waals surface area contributed by atoms with Crippen molar-refractivity contribution in [1.29, 1.82) is 0 Å². The number of aromatic amines is 1. The molecule has 0 bridgehead atoms. The lowest BCUT2D eigenvalue weighted by Crippen LogP contribution is -2.06. The quantitative estimate of drug-likeness (QED) is 0.474. The predicted molar refractivity (Wildman–Crippen MR) is 113 cm³/mol. The number of hydrogen-bond acceptors (Lipinski definition) is 3. The number of aryl methyl sites for hydroxylation is 1. The van der Waals surface area contributed by atoms with Gasteiger partial charge in [0.2, 0.25) is 5.56 Å². The molecule has 134 valence electrons. The zero-order valence-electron chi connectivity index (χ0n) is 15.3. The summed E-state index contributed by atoms with van der Waals surface area (Å²) in [6.07, 6.45) is 1.80. The van der Waals surface area contributed by atoms with E-state index in [4.69, 9.17) is 4.98 Å². The number of fused-ring (bicyclic) bond motifs is 2. The minimum atomic E-state index is -0.150. The fourth-order valence-corrected chi connectivity index (χ4v) is 3.72. The van der Waals surface area contributed by atoms with Crippen LogP contribution in [-0.2, 0) is 0 Å². The standard InChI is InChI=1S/C24H17N3O/c1-15-19-10-12-21(28)26-24(19)27-23(16-6-3-2-4-7-16)22(15)18-9-11-20-17(14-18)8-5-13-25-20/h2-14H,1H3,(H,26,27,28). The molecule has 0 fully saturated rings. The van der Waals surface area contributed by atoms with E-state index < -0.39 is 0 Å². The van der Waals surface area contributed by atoms with Gasteiger partial charge < -0.3 is 4.98 Å². The summed E-state index contributed by atoms with van der Waals surface area (Å²) in [5.41, 5.74) is 6.52. The van der Waals surface area contributed by atoms with Crippen LogP contribution in [0.2, 0.25) is 0 Å². The van der Waals surface area contributed by atoms with Gasteiger partial charge in [0.15, 0.2) is 0 Å². The number of nitrogens with one attached hydrogen (secondary N) is 1. The molecule has 4 heteroatoms. The van der Waals surface area contributed by atoms with Crippen LogP contribution in [0.4, 0.5) is 0 Å². The third-order valence-corrected chi connectivity index (χ3v) is 5.08. The fraction of sp³-hybridized carbons (Fsp3) is 0.0417. The van der Waals surface area contributed by atoms with E-state index in [1.807, 2.05) is 48.5 Å². The molecule has 0 aliphatic heterocycles. The number of pyridine rings is 3. The van der Waals surface area contributed by atoms with Crippen LogP contribution < -0.4 is 5.56 Å². The van der Waals surface area contributed by atoms with E-state index in [0.717, 1.165) is 44.2 Å². The van der Waals surface area contributed by atoms with Gasteiger partial charge >= 0.3 is 0 Å². The van der Waals surface area contributed by atoms with Crippen LogP contribution in [0.15, 0.2) is 83.8 Å². The monoisotopic (exact) mass is 363 g/mol. The molecule has 0 aliphatic carbocycles. The average molecular weight is 363 g/mol. The molecule has 0 unspecified atom stereocenters. The first-order valence-electron chi connectivity index (χ1n) is 9.15. The Kier molecular flexibility index (Phi) is 3.76. The van der Waals surface area contributed by atoms with Crippen LogP contribution in [-0.4, -0.2) is 15.0 Å². The van der Waals surface area contributed by atoms with E-state index in [9.17, 15) is 4.79 Å². The van der Waals surface area contributed by atoms with Crippen molar-refractivity contribution in [3.05, 3.63) is 94.9 Å². The highest BCUT2D eigenvalue weighted by atomic mass is 16.1. The van der Waals surface area contributed by atoms with Gasteiger partial charge in [-0.1, -0.05) is 42.5 Å². The van der Waals surface area contributed by atoms with Crippen LogP contribution in [0.1, 0.15) is 5.56 Å². The Hall–Kier alpha value is -3.79. The molecular formula is C24H17N3O. The maximum absolute atomic E-state index is 11.8. The van der Waals surface area contributed by atoms with Crippen LogP contribution in [0.25, 0.3) is 44.3 Å². The second-order valence-corrected chi connectivity index (χ2v) is 6.82. The summed E-state index contributed by atoms with van der Waals surface area (Å²) in [5.74, 6) is 0.